The summed E-state index contributed by atoms with van der Waals surface area (Å²) in [5.41, 5.74) is 0.700. The fourth-order valence-electron chi connectivity index (χ4n) is 5.48. The monoisotopic (exact) mass is 484 g/mol. The van der Waals surface area contributed by atoms with Gasteiger partial charge in [-0.15, -0.1) is 0 Å². The summed E-state index contributed by atoms with van der Waals surface area (Å²) in [7, 11) is 0. The molecule has 35 heavy (non-hydrogen) atoms. The Bertz CT molecular complexity index is 997. The first kappa shape index (κ1) is 23.9. The number of amides is 1. The zero-order valence-corrected chi connectivity index (χ0v) is 19.8. The standard InChI is InChI=1S/C27H33FN2O5/c28-19-4-10-22(11-5-19)33-13-1-2-26(31)29-23(17-30-20-6-7-21(30)9-8-20)27(32)18-3-12-24-25(16-18)35-15-14-34-24/h3-5,10-12,16,20-21,23,27,32H,1-2,6-9,13-15,17H2,(H,29,31). The lowest BCUT2D eigenvalue weighted by molar-refractivity contribution is -0.123. The number of carbonyl (C=O) groups excluding carboxylic acids is 1. The van der Waals surface area contributed by atoms with Gasteiger partial charge >= 0.3 is 0 Å². The Morgan fingerprint density at radius 1 is 1.06 bits per heavy atom. The number of aliphatic hydroxyl groups is 1. The molecule has 0 saturated carbocycles. The number of aliphatic hydroxyl groups excluding tert-OH is 1. The summed E-state index contributed by atoms with van der Waals surface area (Å²) < 4.78 is 29.9. The van der Waals surface area contributed by atoms with Crippen molar-refractivity contribution in [3.8, 4) is 17.2 Å². The van der Waals surface area contributed by atoms with Crippen molar-refractivity contribution in [3.05, 3.63) is 53.8 Å². The Labute approximate surface area is 205 Å². The van der Waals surface area contributed by atoms with Crippen molar-refractivity contribution >= 4 is 5.91 Å². The smallest absolute Gasteiger partial charge is 0.220 e. The topological polar surface area (TPSA) is 80.3 Å². The van der Waals surface area contributed by atoms with Crippen molar-refractivity contribution in [2.24, 2.45) is 0 Å². The Hall–Kier alpha value is -2.84. The molecule has 2 saturated heterocycles. The molecule has 2 bridgehead atoms. The number of halogens is 1. The van der Waals surface area contributed by atoms with Crippen molar-refractivity contribution in [1.29, 1.82) is 0 Å². The molecule has 0 aromatic heterocycles. The van der Waals surface area contributed by atoms with Crippen LogP contribution in [0.25, 0.3) is 0 Å². The minimum atomic E-state index is -0.870. The first-order valence-electron chi connectivity index (χ1n) is 12.6. The van der Waals surface area contributed by atoms with Gasteiger partial charge in [0.05, 0.1) is 12.6 Å². The molecule has 3 heterocycles. The Morgan fingerprint density at radius 3 is 2.46 bits per heavy atom. The fourth-order valence-corrected chi connectivity index (χ4v) is 5.48. The number of benzene rings is 2. The zero-order valence-electron chi connectivity index (χ0n) is 19.8. The maximum absolute atomic E-state index is 13.0. The van der Waals surface area contributed by atoms with Crippen molar-refractivity contribution < 1.29 is 28.5 Å². The van der Waals surface area contributed by atoms with E-state index < -0.39 is 12.1 Å². The third kappa shape index (κ3) is 5.70. The Morgan fingerprint density at radius 2 is 1.74 bits per heavy atom. The molecule has 2 N–H and O–H groups in total. The van der Waals surface area contributed by atoms with Crippen LogP contribution in [-0.2, 0) is 4.79 Å². The van der Waals surface area contributed by atoms with Crippen molar-refractivity contribution in [3.63, 3.8) is 0 Å². The van der Waals surface area contributed by atoms with E-state index in [1.54, 1.807) is 12.1 Å². The van der Waals surface area contributed by atoms with Crippen LogP contribution in [0.2, 0.25) is 0 Å². The molecule has 7 nitrogen and oxygen atoms in total. The number of hydrogen-bond acceptors (Lipinski definition) is 6. The van der Waals surface area contributed by atoms with Crippen LogP contribution in [0.1, 0.15) is 50.2 Å². The molecular formula is C27H33FN2O5. The Kier molecular flexibility index (Phi) is 7.39. The van der Waals surface area contributed by atoms with Crippen LogP contribution in [0.5, 0.6) is 17.2 Å². The van der Waals surface area contributed by atoms with Gasteiger partial charge in [-0.25, -0.2) is 4.39 Å². The molecule has 3 aliphatic rings. The van der Waals surface area contributed by atoms with Gasteiger partial charge in [0, 0.05) is 25.0 Å². The van der Waals surface area contributed by atoms with E-state index in [2.05, 4.69) is 10.2 Å². The number of rotatable bonds is 10. The molecule has 2 fully saturated rings. The number of nitrogens with zero attached hydrogens (tertiary/aromatic N) is 1. The van der Waals surface area contributed by atoms with E-state index in [1.807, 2.05) is 18.2 Å². The summed E-state index contributed by atoms with van der Waals surface area (Å²) in [5.74, 6) is 1.43. The normalized spacial score (nSPS) is 22.6. The van der Waals surface area contributed by atoms with Gasteiger partial charge in [0.25, 0.3) is 0 Å². The quantitative estimate of drug-likeness (QED) is 0.502. The second-order valence-corrected chi connectivity index (χ2v) is 9.59. The summed E-state index contributed by atoms with van der Waals surface area (Å²) in [6.45, 7) is 1.95. The predicted molar refractivity (Wildman–Crippen MR) is 128 cm³/mol. The van der Waals surface area contributed by atoms with Crippen molar-refractivity contribution in [2.75, 3.05) is 26.4 Å². The molecular weight excluding hydrogens is 451 g/mol. The third-order valence-corrected chi connectivity index (χ3v) is 7.28. The highest BCUT2D eigenvalue weighted by molar-refractivity contribution is 5.76. The molecule has 8 heteroatoms. The molecule has 2 aromatic rings. The second-order valence-electron chi connectivity index (χ2n) is 9.59. The molecule has 2 atom stereocenters. The number of nitrogens with one attached hydrogen (secondary N) is 1. The summed E-state index contributed by atoms with van der Waals surface area (Å²) in [5, 5.41) is 14.4. The van der Waals surface area contributed by atoms with Gasteiger partial charge in [-0.3, -0.25) is 9.69 Å². The van der Waals surface area contributed by atoms with Crippen molar-refractivity contribution in [2.45, 2.75) is 62.8 Å². The van der Waals surface area contributed by atoms with E-state index in [4.69, 9.17) is 14.2 Å². The van der Waals surface area contributed by atoms with E-state index in [0.717, 1.165) is 0 Å². The van der Waals surface area contributed by atoms with E-state index in [-0.39, 0.29) is 18.1 Å². The molecule has 3 aliphatic heterocycles. The largest absolute Gasteiger partial charge is 0.494 e. The highest BCUT2D eigenvalue weighted by Gasteiger charge is 2.41. The lowest BCUT2D eigenvalue weighted by Gasteiger charge is -2.32. The average Bonchev–Trinajstić information content (AvgIpc) is 3.45. The maximum atomic E-state index is 13.0. The minimum Gasteiger partial charge on any atom is -0.494 e. The fraction of sp³-hybridized carbons (Fsp3) is 0.519. The molecule has 5 rings (SSSR count). The summed E-state index contributed by atoms with van der Waals surface area (Å²) in [6.07, 6.45) is 4.67. The molecule has 0 spiro atoms. The summed E-state index contributed by atoms with van der Waals surface area (Å²) >= 11 is 0. The van der Waals surface area contributed by atoms with Crippen molar-refractivity contribution in [1.82, 2.24) is 10.2 Å². The van der Waals surface area contributed by atoms with Gasteiger partial charge in [-0.05, 0) is 74.1 Å². The summed E-state index contributed by atoms with van der Waals surface area (Å²) in [4.78, 5) is 15.3. The highest BCUT2D eigenvalue weighted by atomic mass is 19.1. The number of carbonyl (C=O) groups is 1. The molecule has 188 valence electrons. The van der Waals surface area contributed by atoms with Gasteiger partial charge in [-0.1, -0.05) is 6.07 Å². The SMILES string of the molecule is O=C(CCCOc1ccc(F)cc1)NC(CN1C2CCC1CC2)C(O)c1ccc2c(c1)OCCO2. The van der Waals surface area contributed by atoms with Crippen LogP contribution in [0.4, 0.5) is 4.39 Å². The van der Waals surface area contributed by atoms with Crippen LogP contribution in [-0.4, -0.2) is 60.4 Å². The number of fused-ring (bicyclic) bond motifs is 3. The van der Waals surface area contributed by atoms with Crippen LogP contribution in [0.3, 0.4) is 0 Å². The molecule has 2 unspecified atom stereocenters. The van der Waals surface area contributed by atoms with Crippen LogP contribution in [0.15, 0.2) is 42.5 Å². The maximum Gasteiger partial charge on any atom is 0.220 e. The first-order chi connectivity index (χ1) is 17.1. The Balaban J connectivity index is 1.21. The lowest BCUT2D eigenvalue weighted by atomic mass is 10.00. The van der Waals surface area contributed by atoms with Crippen LogP contribution in [0, 0.1) is 5.82 Å². The van der Waals surface area contributed by atoms with Crippen LogP contribution < -0.4 is 19.5 Å². The van der Waals surface area contributed by atoms with Gasteiger partial charge in [-0.2, -0.15) is 0 Å². The first-order valence-corrected chi connectivity index (χ1v) is 12.6. The van der Waals surface area contributed by atoms with Gasteiger partial charge < -0.3 is 24.6 Å². The number of ether oxygens (including phenoxy) is 3. The van der Waals surface area contributed by atoms with Crippen LogP contribution >= 0.6 is 0 Å². The van der Waals surface area contributed by atoms with E-state index in [1.165, 1.54) is 37.8 Å². The molecule has 1 amide bonds. The lowest BCUT2D eigenvalue weighted by Crippen LogP contribution is -2.48. The van der Waals surface area contributed by atoms with E-state index in [0.29, 0.717) is 67.7 Å². The van der Waals surface area contributed by atoms with E-state index >= 15 is 0 Å². The molecule has 2 aromatic carbocycles. The van der Waals surface area contributed by atoms with Gasteiger partial charge in [0.2, 0.25) is 5.91 Å². The predicted octanol–water partition coefficient (Wildman–Crippen LogP) is 3.60. The molecule has 0 radical (unpaired) electrons. The zero-order chi connectivity index (χ0) is 24.2. The third-order valence-electron chi connectivity index (χ3n) is 7.28. The average molecular weight is 485 g/mol. The summed E-state index contributed by atoms with van der Waals surface area (Å²) in [6, 6.07) is 11.9. The highest BCUT2D eigenvalue weighted by Crippen LogP contribution is 2.39. The van der Waals surface area contributed by atoms with Gasteiger partial charge in [0.15, 0.2) is 11.5 Å². The second kappa shape index (κ2) is 10.8. The minimum absolute atomic E-state index is 0.124. The molecule has 0 aliphatic carbocycles. The number of hydrogen-bond donors (Lipinski definition) is 2. The van der Waals surface area contributed by atoms with E-state index in [9.17, 15) is 14.3 Å². The van der Waals surface area contributed by atoms with Gasteiger partial charge in [0.1, 0.15) is 30.9 Å².